The molecule has 0 bridgehead atoms. The van der Waals surface area contributed by atoms with Crippen molar-refractivity contribution in [3.8, 4) is 5.75 Å². The summed E-state index contributed by atoms with van der Waals surface area (Å²) in [7, 11) is 1.53. The van der Waals surface area contributed by atoms with Gasteiger partial charge in [0.05, 0.1) is 12.8 Å². The van der Waals surface area contributed by atoms with E-state index in [1.165, 1.54) is 12.0 Å². The largest absolute Gasteiger partial charge is 0.494 e. The van der Waals surface area contributed by atoms with E-state index in [0.29, 0.717) is 41.4 Å². The quantitative estimate of drug-likeness (QED) is 0.828. The minimum absolute atomic E-state index is 0.0596. The fourth-order valence-electron chi connectivity index (χ4n) is 3.96. The first kappa shape index (κ1) is 19.7. The molecule has 0 radical (unpaired) electrons. The number of amides is 3. The van der Waals surface area contributed by atoms with Gasteiger partial charge in [-0.1, -0.05) is 24.8 Å². The molecule has 0 aliphatic carbocycles. The van der Waals surface area contributed by atoms with E-state index in [4.69, 9.17) is 4.74 Å². The number of methoxy groups -OCH3 is 1. The average Bonchev–Trinajstić information content (AvgIpc) is 3.28. The van der Waals surface area contributed by atoms with Gasteiger partial charge < -0.3 is 15.0 Å². The van der Waals surface area contributed by atoms with E-state index in [9.17, 15) is 14.4 Å². The first-order valence-corrected chi connectivity index (χ1v) is 9.83. The summed E-state index contributed by atoms with van der Waals surface area (Å²) in [4.78, 5) is 40.8. The molecule has 4 rings (SSSR count). The molecule has 2 aromatic carbocycles. The van der Waals surface area contributed by atoms with Crippen LogP contribution in [0.3, 0.4) is 0 Å². The van der Waals surface area contributed by atoms with Crippen molar-refractivity contribution < 1.29 is 19.1 Å². The van der Waals surface area contributed by atoms with Crippen LogP contribution in [0, 0.1) is 0 Å². The molecule has 30 heavy (non-hydrogen) atoms. The van der Waals surface area contributed by atoms with E-state index in [0.717, 1.165) is 12.0 Å². The average molecular weight is 405 g/mol. The number of hydrogen-bond donors (Lipinski definition) is 1. The van der Waals surface area contributed by atoms with Crippen LogP contribution in [-0.4, -0.2) is 42.3 Å². The lowest BCUT2D eigenvalue weighted by atomic mass is 10.1. The molecule has 1 fully saturated rings. The zero-order valence-corrected chi connectivity index (χ0v) is 17.0. The summed E-state index contributed by atoms with van der Waals surface area (Å²) >= 11 is 0. The maximum atomic E-state index is 12.9. The SMILES string of the molecule is C=C1c2ccccc2C(=O)N1[C@@H](C)C(=O)Nc1ccc(N2CCCC2=O)c(OC)c1. The topological polar surface area (TPSA) is 79.0 Å². The van der Waals surface area contributed by atoms with Crippen molar-refractivity contribution >= 4 is 34.8 Å². The summed E-state index contributed by atoms with van der Waals surface area (Å²) < 4.78 is 5.44. The van der Waals surface area contributed by atoms with Crippen LogP contribution in [0.25, 0.3) is 5.70 Å². The molecule has 154 valence electrons. The van der Waals surface area contributed by atoms with Gasteiger partial charge in [-0.15, -0.1) is 0 Å². The highest BCUT2D eigenvalue weighted by atomic mass is 16.5. The predicted molar refractivity (Wildman–Crippen MR) is 114 cm³/mol. The van der Waals surface area contributed by atoms with Crippen LogP contribution in [0.5, 0.6) is 5.75 Å². The molecule has 2 aliphatic rings. The number of fused-ring (bicyclic) bond motifs is 1. The van der Waals surface area contributed by atoms with E-state index < -0.39 is 6.04 Å². The smallest absolute Gasteiger partial charge is 0.259 e. The van der Waals surface area contributed by atoms with Gasteiger partial charge in [0.2, 0.25) is 11.8 Å². The zero-order chi connectivity index (χ0) is 21.4. The van der Waals surface area contributed by atoms with Gasteiger partial charge >= 0.3 is 0 Å². The molecule has 2 heterocycles. The van der Waals surface area contributed by atoms with Gasteiger partial charge in [0, 0.05) is 41.5 Å². The standard InChI is InChI=1S/C23H23N3O4/c1-14-17-7-4-5-8-18(17)23(29)26(14)15(2)22(28)24-16-10-11-19(20(13-16)30-3)25-12-6-9-21(25)27/h4-5,7-8,10-11,13,15H,1,6,9,12H2,2-3H3,(H,24,28)/t15-/m0/s1. The normalized spacial score (nSPS) is 16.7. The minimum atomic E-state index is -0.747. The highest BCUT2D eigenvalue weighted by molar-refractivity contribution is 6.12. The van der Waals surface area contributed by atoms with Crippen molar-refractivity contribution in [2.75, 3.05) is 23.9 Å². The van der Waals surface area contributed by atoms with Gasteiger partial charge in [0.25, 0.3) is 5.91 Å². The molecule has 2 aromatic rings. The Morgan fingerprint density at radius 1 is 1.17 bits per heavy atom. The Labute approximate surface area is 174 Å². The van der Waals surface area contributed by atoms with Gasteiger partial charge in [0.15, 0.2) is 0 Å². The number of benzene rings is 2. The molecule has 0 aromatic heterocycles. The third-order valence-electron chi connectivity index (χ3n) is 5.56. The van der Waals surface area contributed by atoms with Crippen molar-refractivity contribution in [2.45, 2.75) is 25.8 Å². The second-order valence-corrected chi connectivity index (χ2v) is 7.37. The molecule has 0 spiro atoms. The van der Waals surface area contributed by atoms with Crippen LogP contribution in [0.15, 0.2) is 49.0 Å². The molecule has 1 atom stereocenters. The Morgan fingerprint density at radius 2 is 1.90 bits per heavy atom. The Hall–Kier alpha value is -3.61. The molecule has 0 unspecified atom stereocenters. The molecule has 2 aliphatic heterocycles. The van der Waals surface area contributed by atoms with Crippen LogP contribution in [0.2, 0.25) is 0 Å². The van der Waals surface area contributed by atoms with E-state index in [-0.39, 0.29) is 17.7 Å². The second-order valence-electron chi connectivity index (χ2n) is 7.37. The third kappa shape index (κ3) is 3.22. The molecule has 0 saturated carbocycles. The van der Waals surface area contributed by atoms with Crippen molar-refractivity contribution in [1.82, 2.24) is 4.90 Å². The third-order valence-corrected chi connectivity index (χ3v) is 5.56. The zero-order valence-electron chi connectivity index (χ0n) is 17.0. The molecule has 1 saturated heterocycles. The molecule has 1 N–H and O–H groups in total. The lowest BCUT2D eigenvalue weighted by Crippen LogP contribution is -2.41. The number of hydrogen-bond acceptors (Lipinski definition) is 4. The summed E-state index contributed by atoms with van der Waals surface area (Å²) in [6.45, 7) is 6.31. The highest BCUT2D eigenvalue weighted by Crippen LogP contribution is 2.35. The van der Waals surface area contributed by atoms with Crippen LogP contribution < -0.4 is 15.0 Å². The highest BCUT2D eigenvalue weighted by Gasteiger charge is 2.36. The van der Waals surface area contributed by atoms with Crippen molar-refractivity contribution in [2.24, 2.45) is 0 Å². The fraction of sp³-hybridized carbons (Fsp3) is 0.261. The van der Waals surface area contributed by atoms with Crippen molar-refractivity contribution in [1.29, 1.82) is 0 Å². The maximum Gasteiger partial charge on any atom is 0.259 e. The first-order valence-electron chi connectivity index (χ1n) is 9.83. The van der Waals surface area contributed by atoms with E-state index in [1.807, 2.05) is 12.1 Å². The van der Waals surface area contributed by atoms with Crippen LogP contribution in [0.4, 0.5) is 11.4 Å². The predicted octanol–water partition coefficient (Wildman–Crippen LogP) is 3.28. The second kappa shape index (κ2) is 7.67. The van der Waals surface area contributed by atoms with Gasteiger partial charge in [-0.05, 0) is 31.5 Å². The molecule has 7 heteroatoms. The Morgan fingerprint density at radius 3 is 2.53 bits per heavy atom. The Kier molecular flexibility index (Phi) is 5.03. The Balaban J connectivity index is 1.52. The molecular weight excluding hydrogens is 382 g/mol. The number of rotatable bonds is 5. The summed E-state index contributed by atoms with van der Waals surface area (Å²) in [5.74, 6) is -0.0165. The molecular formula is C23H23N3O4. The first-order chi connectivity index (χ1) is 14.4. The Bertz CT molecular complexity index is 1030. The van der Waals surface area contributed by atoms with E-state index in [1.54, 1.807) is 42.2 Å². The van der Waals surface area contributed by atoms with Gasteiger partial charge in [-0.3, -0.25) is 19.3 Å². The molecule has 7 nitrogen and oxygen atoms in total. The lowest BCUT2D eigenvalue weighted by molar-refractivity contribution is -0.119. The van der Waals surface area contributed by atoms with Crippen LogP contribution >= 0.6 is 0 Å². The maximum absolute atomic E-state index is 12.9. The summed E-state index contributed by atoms with van der Waals surface area (Å²) in [6, 6.07) is 11.6. The van der Waals surface area contributed by atoms with Crippen molar-refractivity contribution in [3.05, 3.63) is 60.2 Å². The fourth-order valence-corrected chi connectivity index (χ4v) is 3.96. The number of nitrogens with one attached hydrogen (secondary N) is 1. The summed E-state index contributed by atoms with van der Waals surface area (Å²) in [6.07, 6.45) is 1.34. The van der Waals surface area contributed by atoms with Gasteiger partial charge in [-0.25, -0.2) is 0 Å². The van der Waals surface area contributed by atoms with Crippen LogP contribution in [0.1, 0.15) is 35.7 Å². The van der Waals surface area contributed by atoms with Gasteiger partial charge in [0.1, 0.15) is 11.8 Å². The van der Waals surface area contributed by atoms with Gasteiger partial charge in [-0.2, -0.15) is 0 Å². The summed E-state index contributed by atoms with van der Waals surface area (Å²) in [5.41, 5.74) is 3.00. The number of carbonyl (C=O) groups is 3. The number of anilines is 2. The summed E-state index contributed by atoms with van der Waals surface area (Å²) in [5, 5.41) is 2.83. The van der Waals surface area contributed by atoms with Crippen molar-refractivity contribution in [3.63, 3.8) is 0 Å². The minimum Gasteiger partial charge on any atom is -0.494 e. The lowest BCUT2D eigenvalue weighted by Gasteiger charge is -2.25. The molecule has 3 amide bonds. The monoisotopic (exact) mass is 405 g/mol. The number of carbonyl (C=O) groups excluding carboxylic acids is 3. The van der Waals surface area contributed by atoms with E-state index in [2.05, 4.69) is 11.9 Å². The van der Waals surface area contributed by atoms with Crippen LogP contribution in [-0.2, 0) is 9.59 Å². The van der Waals surface area contributed by atoms with E-state index >= 15 is 0 Å². The number of nitrogens with zero attached hydrogens (tertiary/aromatic N) is 2. The number of ether oxygens (including phenoxy) is 1.